The predicted octanol–water partition coefficient (Wildman–Crippen LogP) is 6.39. The fourth-order valence-corrected chi connectivity index (χ4v) is 3.75. The Kier molecular flexibility index (Phi) is 10.3. The van der Waals surface area contributed by atoms with E-state index in [0.29, 0.717) is 35.0 Å². The Labute approximate surface area is 240 Å². The molecule has 0 aromatic heterocycles. The number of hydrazone groups is 1. The van der Waals surface area contributed by atoms with E-state index in [1.54, 1.807) is 91.0 Å². The van der Waals surface area contributed by atoms with E-state index in [1.807, 2.05) is 19.1 Å². The van der Waals surface area contributed by atoms with Gasteiger partial charge in [0.2, 0.25) is 0 Å². The highest BCUT2D eigenvalue weighted by Crippen LogP contribution is 2.23. The quantitative estimate of drug-likeness (QED) is 0.0663. The molecule has 8 nitrogen and oxygen atoms in total. The zero-order chi connectivity index (χ0) is 28.2. The normalized spacial score (nSPS) is 10.8. The third-order valence-corrected chi connectivity index (χ3v) is 5.80. The Morgan fingerprint density at radius 1 is 0.850 bits per heavy atom. The van der Waals surface area contributed by atoms with Crippen LogP contribution >= 0.6 is 15.9 Å². The van der Waals surface area contributed by atoms with Crippen molar-refractivity contribution in [2.75, 3.05) is 6.61 Å². The third kappa shape index (κ3) is 8.44. The minimum absolute atomic E-state index is 0.259. The molecule has 4 aromatic rings. The summed E-state index contributed by atoms with van der Waals surface area (Å²) >= 11 is 3.41. The summed E-state index contributed by atoms with van der Waals surface area (Å²) in [7, 11) is 0. The summed E-state index contributed by atoms with van der Waals surface area (Å²) in [5.74, 6) is 0.660. The number of rotatable bonds is 12. The summed E-state index contributed by atoms with van der Waals surface area (Å²) in [6, 6.07) is 29.5. The lowest BCUT2D eigenvalue weighted by molar-refractivity contribution is -0.140. The van der Waals surface area contributed by atoms with Crippen molar-refractivity contribution < 1.29 is 28.5 Å². The Balaban J connectivity index is 1.44. The van der Waals surface area contributed by atoms with Crippen LogP contribution < -0.4 is 24.4 Å². The van der Waals surface area contributed by atoms with Gasteiger partial charge in [0.15, 0.2) is 0 Å². The van der Waals surface area contributed by atoms with Crippen molar-refractivity contribution in [3.63, 3.8) is 0 Å². The summed E-state index contributed by atoms with van der Waals surface area (Å²) in [6.45, 7) is 2.62. The highest BCUT2D eigenvalue weighted by molar-refractivity contribution is 9.10. The molecule has 0 atom stereocenters. The van der Waals surface area contributed by atoms with Crippen molar-refractivity contribution in [1.29, 1.82) is 0 Å². The lowest BCUT2D eigenvalue weighted by Crippen LogP contribution is -2.40. The average molecular weight is 603 g/mol. The molecule has 1 N–H and O–H groups in total. The van der Waals surface area contributed by atoms with Crippen LogP contribution in [-0.4, -0.2) is 31.0 Å². The molecule has 4 aromatic carbocycles. The summed E-state index contributed by atoms with van der Waals surface area (Å²) in [5.41, 5.74) is 3.25. The molecule has 0 radical (unpaired) electrons. The molecular formula is C31H27BrN2O6. The molecule has 0 saturated carbocycles. The molecule has 4 rings (SSSR count). The van der Waals surface area contributed by atoms with Crippen molar-refractivity contribution in [3.8, 4) is 23.0 Å². The molecule has 0 aliphatic heterocycles. The predicted molar refractivity (Wildman–Crippen MR) is 155 cm³/mol. The van der Waals surface area contributed by atoms with Gasteiger partial charge in [0.1, 0.15) is 23.0 Å². The number of amides is 1. The van der Waals surface area contributed by atoms with Crippen LogP contribution in [0.1, 0.15) is 29.3 Å². The molecule has 9 heteroatoms. The highest BCUT2D eigenvalue weighted by Gasteiger charge is 2.22. The summed E-state index contributed by atoms with van der Waals surface area (Å²) in [6.07, 6.45) is 0.944. The van der Waals surface area contributed by atoms with Crippen molar-refractivity contribution in [1.82, 2.24) is 5.43 Å². The molecule has 204 valence electrons. The first-order chi connectivity index (χ1) is 19.5. The number of nitrogens with zero attached hydrogens (tertiary/aromatic N) is 1. The fraction of sp³-hybridized carbons (Fsp3) is 0.129. The average Bonchev–Trinajstić information content (AvgIpc) is 2.98. The van der Waals surface area contributed by atoms with Crippen LogP contribution in [0.5, 0.6) is 23.0 Å². The van der Waals surface area contributed by atoms with Gasteiger partial charge in [0.05, 0.1) is 18.4 Å². The first kappa shape index (κ1) is 28.4. The maximum Gasteiger partial charge on any atom is 0.343 e. The second-order valence-corrected chi connectivity index (χ2v) is 9.29. The zero-order valence-electron chi connectivity index (χ0n) is 21.7. The van der Waals surface area contributed by atoms with E-state index >= 15 is 0 Å². The smallest absolute Gasteiger partial charge is 0.343 e. The zero-order valence-corrected chi connectivity index (χ0v) is 23.2. The lowest BCUT2D eigenvalue weighted by atomic mass is 10.2. The van der Waals surface area contributed by atoms with Crippen molar-refractivity contribution in [2.24, 2.45) is 5.10 Å². The molecule has 0 spiro atoms. The second-order valence-electron chi connectivity index (χ2n) is 8.37. The monoisotopic (exact) mass is 602 g/mol. The molecule has 0 bridgehead atoms. The van der Waals surface area contributed by atoms with Crippen LogP contribution in [0, 0.1) is 0 Å². The van der Waals surface area contributed by atoms with E-state index in [1.165, 1.54) is 6.21 Å². The largest absolute Gasteiger partial charge is 0.494 e. The maximum atomic E-state index is 13.0. The van der Waals surface area contributed by atoms with Crippen LogP contribution in [0.15, 0.2) is 113 Å². The van der Waals surface area contributed by atoms with Crippen LogP contribution in [0.25, 0.3) is 0 Å². The molecule has 0 heterocycles. The highest BCUT2D eigenvalue weighted by atomic mass is 79.9. The molecule has 0 saturated heterocycles. The minimum Gasteiger partial charge on any atom is -0.494 e. The van der Waals surface area contributed by atoms with Gasteiger partial charge in [-0.05, 0) is 73.2 Å². The van der Waals surface area contributed by atoms with Crippen molar-refractivity contribution >= 4 is 34.0 Å². The van der Waals surface area contributed by atoms with Crippen LogP contribution in [0.2, 0.25) is 0 Å². The van der Waals surface area contributed by atoms with E-state index in [0.717, 1.165) is 10.9 Å². The summed E-state index contributed by atoms with van der Waals surface area (Å²) in [5, 5.41) is 4.05. The lowest BCUT2D eigenvalue weighted by Gasteiger charge is -2.18. The number of para-hydroxylation sites is 2. The first-order valence-electron chi connectivity index (χ1n) is 12.5. The standard InChI is InChI=1S/C31H27BrN2O6/c1-2-19-37-25-16-13-22(14-17-25)30(36)40-28-18-15-24(32)20-23(28)21-33-34-29(35)31(38-26-9-5-3-6-10-26)39-27-11-7-4-8-12-27/h3-18,20-21,31H,2,19H2,1H3,(H,34,35)/b33-21-. The topological polar surface area (TPSA) is 95.5 Å². The van der Waals surface area contributed by atoms with Gasteiger partial charge in [-0.1, -0.05) is 59.3 Å². The van der Waals surface area contributed by atoms with E-state index in [2.05, 4.69) is 26.5 Å². The Morgan fingerprint density at radius 3 is 2.08 bits per heavy atom. The number of esters is 1. The van der Waals surface area contributed by atoms with Gasteiger partial charge < -0.3 is 18.9 Å². The third-order valence-electron chi connectivity index (χ3n) is 5.30. The number of carbonyl (C=O) groups excluding carboxylic acids is 2. The van der Waals surface area contributed by atoms with Gasteiger partial charge in [-0.2, -0.15) is 5.10 Å². The van der Waals surface area contributed by atoms with Crippen molar-refractivity contribution in [3.05, 3.63) is 119 Å². The first-order valence-corrected chi connectivity index (χ1v) is 13.3. The van der Waals surface area contributed by atoms with E-state index < -0.39 is 18.2 Å². The number of halogens is 1. The van der Waals surface area contributed by atoms with Gasteiger partial charge in [-0.3, -0.25) is 4.79 Å². The number of ether oxygens (including phenoxy) is 4. The fourth-order valence-electron chi connectivity index (χ4n) is 3.37. The molecular weight excluding hydrogens is 576 g/mol. The summed E-state index contributed by atoms with van der Waals surface area (Å²) in [4.78, 5) is 25.7. The van der Waals surface area contributed by atoms with Gasteiger partial charge in [0.25, 0.3) is 0 Å². The Morgan fingerprint density at radius 2 is 1.48 bits per heavy atom. The SMILES string of the molecule is CCCOc1ccc(C(=O)Oc2ccc(Br)cc2/C=N\NC(=O)C(Oc2ccccc2)Oc2ccccc2)cc1. The number of nitrogens with one attached hydrogen (secondary N) is 1. The van der Waals surface area contributed by atoms with Gasteiger partial charge in [-0.25, -0.2) is 10.2 Å². The number of carbonyl (C=O) groups is 2. The second kappa shape index (κ2) is 14.5. The molecule has 0 unspecified atom stereocenters. The van der Waals surface area contributed by atoms with Crippen LogP contribution in [0.3, 0.4) is 0 Å². The molecule has 0 aliphatic rings. The van der Waals surface area contributed by atoms with E-state index in [-0.39, 0.29) is 5.75 Å². The summed E-state index contributed by atoms with van der Waals surface area (Å²) < 4.78 is 23.4. The Hall–Kier alpha value is -4.63. The molecule has 40 heavy (non-hydrogen) atoms. The molecule has 0 aliphatic carbocycles. The van der Waals surface area contributed by atoms with Gasteiger partial charge in [-0.15, -0.1) is 0 Å². The molecule has 1 amide bonds. The van der Waals surface area contributed by atoms with Crippen LogP contribution in [0.4, 0.5) is 0 Å². The van der Waals surface area contributed by atoms with Gasteiger partial charge >= 0.3 is 18.2 Å². The van der Waals surface area contributed by atoms with E-state index in [4.69, 9.17) is 18.9 Å². The van der Waals surface area contributed by atoms with Crippen LogP contribution in [-0.2, 0) is 4.79 Å². The molecule has 0 fully saturated rings. The Bertz CT molecular complexity index is 1390. The number of hydrogen-bond donors (Lipinski definition) is 1. The number of benzene rings is 4. The van der Waals surface area contributed by atoms with Gasteiger partial charge in [0, 0.05) is 10.0 Å². The van der Waals surface area contributed by atoms with E-state index in [9.17, 15) is 9.59 Å². The number of hydrogen-bond acceptors (Lipinski definition) is 7. The minimum atomic E-state index is -1.31. The van der Waals surface area contributed by atoms with Crippen molar-refractivity contribution in [2.45, 2.75) is 19.6 Å². The maximum absolute atomic E-state index is 13.0.